The van der Waals surface area contributed by atoms with Crippen LogP contribution in [0, 0.1) is 12.5 Å². The lowest BCUT2D eigenvalue weighted by atomic mass is 10.2. The van der Waals surface area contributed by atoms with E-state index in [1.54, 1.807) is 18.1 Å². The summed E-state index contributed by atoms with van der Waals surface area (Å²) in [7, 11) is 0. The average Bonchev–Trinajstić information content (AvgIpc) is 3.03. The van der Waals surface area contributed by atoms with Crippen molar-refractivity contribution in [3.05, 3.63) is 46.9 Å². The maximum Gasteiger partial charge on any atom is 0.133 e. The smallest absolute Gasteiger partial charge is 0.133 e. The van der Waals surface area contributed by atoms with Crippen LogP contribution in [-0.2, 0) is 6.54 Å². The fourth-order valence-corrected chi connectivity index (χ4v) is 2.71. The molecule has 6 nitrogen and oxygen atoms in total. The fourth-order valence-electron chi connectivity index (χ4n) is 1.69. The van der Waals surface area contributed by atoms with Gasteiger partial charge in [0.1, 0.15) is 12.2 Å². The summed E-state index contributed by atoms with van der Waals surface area (Å²) in [4.78, 5) is 2.47. The maximum atomic E-state index is 5.77. The zero-order chi connectivity index (χ0) is 17.7. The molecule has 23 heavy (non-hydrogen) atoms. The number of nitrogens with two attached hydrogens (primary N) is 2. The molecule has 1 heterocycles. The van der Waals surface area contributed by atoms with Gasteiger partial charge >= 0.3 is 0 Å². The lowest BCUT2D eigenvalue weighted by molar-refractivity contribution is -0.249. The van der Waals surface area contributed by atoms with Gasteiger partial charge in [-0.3, -0.25) is 4.57 Å². The Morgan fingerprint density at radius 2 is 2.00 bits per heavy atom. The van der Waals surface area contributed by atoms with Gasteiger partial charge in [-0.25, -0.2) is 0 Å². The number of aromatic nitrogens is 3. The molecule has 1 aromatic carbocycles. The number of benzene rings is 1. The predicted octanol–water partition coefficient (Wildman–Crippen LogP) is 2.85. The summed E-state index contributed by atoms with van der Waals surface area (Å²) in [5, 5.41) is 7.87. The summed E-state index contributed by atoms with van der Waals surface area (Å²) in [6.07, 6.45) is 4.76. The molecule has 0 aliphatic carbocycles. The summed E-state index contributed by atoms with van der Waals surface area (Å²) in [6.45, 7) is 8.64. The zero-order valence-electron chi connectivity index (χ0n) is 14.3. The standard InChI is InChI=1S/C14H18N4S.C2H6.H2N2/c1-3-13(9-18-10-16-17-11(18)2)19-14-7-5-4-6-12(14)8-15;2*1-2/h4-7,9-10H,3,8,15H2,1-2H3;1-2H3;1-2H/p+1/b13-9+;;. The molecule has 0 spiro atoms. The highest BCUT2D eigenvalue weighted by Gasteiger charge is 2.05. The van der Waals surface area contributed by atoms with Crippen molar-refractivity contribution >= 4 is 18.0 Å². The molecule has 0 saturated carbocycles. The summed E-state index contributed by atoms with van der Waals surface area (Å²) in [6, 6.07) is 8.24. The largest absolute Gasteiger partial charge is 0.326 e. The van der Waals surface area contributed by atoms with Crippen molar-refractivity contribution in [2.75, 3.05) is 0 Å². The van der Waals surface area contributed by atoms with Gasteiger partial charge in [-0.1, -0.05) is 56.3 Å². The molecule has 7 heteroatoms. The minimum Gasteiger partial charge on any atom is -0.326 e. The van der Waals surface area contributed by atoms with Crippen molar-refractivity contribution < 1.29 is 5.53 Å². The average molecular weight is 336 g/mol. The van der Waals surface area contributed by atoms with Gasteiger partial charge in [0, 0.05) is 22.5 Å². The third kappa shape index (κ3) is 6.75. The quantitative estimate of drug-likeness (QED) is 0.577. The summed E-state index contributed by atoms with van der Waals surface area (Å²) in [5.41, 5.74) is 15.9. The van der Waals surface area contributed by atoms with E-state index in [0.29, 0.717) is 6.54 Å². The van der Waals surface area contributed by atoms with E-state index in [1.807, 2.05) is 37.5 Å². The Morgan fingerprint density at radius 1 is 1.35 bits per heavy atom. The molecule has 0 saturated heterocycles. The van der Waals surface area contributed by atoms with Crippen molar-refractivity contribution in [3.8, 4) is 0 Å². The first-order valence-corrected chi connectivity index (χ1v) is 8.37. The molecule has 0 amide bonds. The topological polar surface area (TPSA) is 106 Å². The summed E-state index contributed by atoms with van der Waals surface area (Å²) >= 11 is 1.75. The number of hydrogen-bond donors (Lipinski definition) is 3. The minimum atomic E-state index is 0.561. The molecular formula is C16H27N6S+. The van der Waals surface area contributed by atoms with E-state index in [-0.39, 0.29) is 0 Å². The molecule has 2 aromatic rings. The highest BCUT2D eigenvalue weighted by molar-refractivity contribution is 8.03. The normalized spacial score (nSPS) is 10.2. The third-order valence-electron chi connectivity index (χ3n) is 2.82. The Labute approximate surface area is 142 Å². The maximum absolute atomic E-state index is 5.77. The van der Waals surface area contributed by atoms with Gasteiger partial charge < -0.3 is 5.73 Å². The van der Waals surface area contributed by atoms with Crippen LogP contribution < -0.4 is 11.3 Å². The van der Waals surface area contributed by atoms with Crippen LogP contribution in [0.15, 0.2) is 40.4 Å². The Hall–Kier alpha value is -1.99. The van der Waals surface area contributed by atoms with E-state index >= 15 is 0 Å². The molecule has 1 aromatic heterocycles. The van der Waals surface area contributed by atoms with E-state index in [0.717, 1.165) is 12.2 Å². The molecule has 126 valence electrons. The van der Waals surface area contributed by atoms with Gasteiger partial charge in [0.25, 0.3) is 0 Å². The van der Waals surface area contributed by atoms with E-state index in [4.69, 9.17) is 11.3 Å². The van der Waals surface area contributed by atoms with Crippen LogP contribution in [0.2, 0.25) is 0 Å². The molecule has 0 bridgehead atoms. The Morgan fingerprint density at radius 3 is 2.52 bits per heavy atom. The number of hydrogen-bond acceptors (Lipinski definition) is 5. The lowest BCUT2D eigenvalue weighted by Gasteiger charge is -2.09. The van der Waals surface area contributed by atoms with Gasteiger partial charge in [0.15, 0.2) is 0 Å². The molecule has 5 N–H and O–H groups in total. The third-order valence-corrected chi connectivity index (χ3v) is 4.09. The van der Waals surface area contributed by atoms with Crippen LogP contribution in [0.3, 0.4) is 0 Å². The van der Waals surface area contributed by atoms with Crippen molar-refractivity contribution in [1.82, 2.24) is 14.8 Å². The van der Waals surface area contributed by atoms with E-state index in [1.165, 1.54) is 15.4 Å². The second-order valence-corrected chi connectivity index (χ2v) is 5.32. The Kier molecular flexibility index (Phi) is 11.5. The molecule has 0 radical (unpaired) electrons. The van der Waals surface area contributed by atoms with Crippen LogP contribution in [0.4, 0.5) is 0 Å². The van der Waals surface area contributed by atoms with Gasteiger partial charge in [-0.15, -0.1) is 10.2 Å². The molecule has 0 aliphatic rings. The molecule has 0 unspecified atom stereocenters. The van der Waals surface area contributed by atoms with Crippen molar-refractivity contribution in [1.29, 1.82) is 5.53 Å². The number of nitrogens with one attached hydrogen (secondary N) is 1. The predicted molar refractivity (Wildman–Crippen MR) is 95.5 cm³/mol. The lowest BCUT2D eigenvalue weighted by Crippen LogP contribution is -2.17. The van der Waals surface area contributed by atoms with Crippen molar-refractivity contribution in [2.24, 2.45) is 5.73 Å². The van der Waals surface area contributed by atoms with Crippen molar-refractivity contribution in [2.45, 2.75) is 45.6 Å². The summed E-state index contributed by atoms with van der Waals surface area (Å²) < 4.78 is 1.94. The number of nitrogens with zero attached hydrogens (tertiary/aromatic N) is 3. The second-order valence-electron chi connectivity index (χ2n) is 4.15. The number of allylic oxidation sites excluding steroid dienone is 1. The first-order chi connectivity index (χ1) is 11.2. The zero-order valence-corrected chi connectivity index (χ0v) is 15.1. The molecule has 0 atom stereocenters. The highest BCUT2D eigenvalue weighted by Crippen LogP contribution is 2.31. The monoisotopic (exact) mass is 335 g/mol. The SMILES string of the molecule is CC.CC/C(=C\n1cnnc1C)Sc1ccccc1CN.N=[NH2+]. The molecule has 0 fully saturated rings. The molecule has 2 rings (SSSR count). The summed E-state index contributed by atoms with van der Waals surface area (Å²) in [5.74, 6) is 0.888. The van der Waals surface area contributed by atoms with Gasteiger partial charge in [0.2, 0.25) is 0 Å². The van der Waals surface area contributed by atoms with Crippen LogP contribution in [0.25, 0.3) is 6.20 Å². The first-order valence-electron chi connectivity index (χ1n) is 7.56. The fraction of sp³-hybridized carbons (Fsp3) is 0.375. The van der Waals surface area contributed by atoms with Crippen molar-refractivity contribution in [3.63, 3.8) is 0 Å². The van der Waals surface area contributed by atoms with Crippen LogP contribution in [0.1, 0.15) is 38.6 Å². The first kappa shape index (κ1) is 21.0. The van der Waals surface area contributed by atoms with Gasteiger partial charge in [-0.2, -0.15) is 5.53 Å². The molecule has 0 aliphatic heterocycles. The second kappa shape index (κ2) is 12.5. The van der Waals surface area contributed by atoms with E-state index in [9.17, 15) is 0 Å². The number of thioether (sulfide) groups is 1. The molecular weight excluding hydrogens is 308 g/mol. The number of aryl methyl sites for hydroxylation is 1. The van der Waals surface area contributed by atoms with Crippen LogP contribution >= 0.6 is 11.8 Å². The Bertz CT molecular complexity index is 594. The Balaban J connectivity index is 0.00000112. The van der Waals surface area contributed by atoms with Gasteiger partial charge in [0.05, 0.1) is 0 Å². The van der Waals surface area contributed by atoms with E-state index in [2.05, 4.69) is 41.0 Å². The van der Waals surface area contributed by atoms with E-state index < -0.39 is 0 Å². The van der Waals surface area contributed by atoms with Gasteiger partial charge in [-0.05, 0) is 25.0 Å². The van der Waals surface area contributed by atoms with Crippen LogP contribution in [-0.4, -0.2) is 14.8 Å². The number of rotatable bonds is 5. The highest BCUT2D eigenvalue weighted by atomic mass is 32.2. The van der Waals surface area contributed by atoms with Crippen LogP contribution in [0.5, 0.6) is 0 Å². The minimum absolute atomic E-state index is 0.561.